The van der Waals surface area contributed by atoms with Crippen LogP contribution in [-0.4, -0.2) is 9.13 Å². The first kappa shape index (κ1) is 34.9. The Labute approximate surface area is 357 Å². The third-order valence-electron chi connectivity index (χ3n) is 12.6. The van der Waals surface area contributed by atoms with Crippen molar-refractivity contribution in [3.05, 3.63) is 199 Å². The van der Waals surface area contributed by atoms with Crippen molar-refractivity contribution in [2.45, 2.75) is 0 Å². The van der Waals surface area contributed by atoms with Crippen LogP contribution in [0.5, 0.6) is 0 Å². The standard InChI is InChI=1S/C56H29FN4O2/c1-59-43-30-36(31-58)53(60-44-24-20-34(32-12-4-2-5-13-32)28-41(44)50-46(60)26-22-39-37-16-8-10-18-48(37)62-55(39)50)52(57)54(43)61-45-25-21-35(33-14-6-3-7-15-33)29-42(45)51-47(61)27-23-40-38-17-9-11-19-49(38)63-56(40)51/h2-30H. The molecule has 13 rings (SSSR count). The SMILES string of the molecule is [C-]#[N+]c1cc(C#N)c(-n2c3ccc(-c4ccccc4)cc3c3c4oc5ccccc5c4ccc32)c(F)c1-n1c2ccc(-c3ccccc3)cc2c2c3oc4ccccc4c3ccc21. The monoisotopic (exact) mass is 808 g/mol. The normalized spacial score (nSPS) is 11.9. The topological polar surface area (TPSA) is 64.3 Å². The summed E-state index contributed by atoms with van der Waals surface area (Å²) in [6.07, 6.45) is 0. The van der Waals surface area contributed by atoms with Gasteiger partial charge in [0, 0.05) is 32.3 Å². The molecular formula is C56H29FN4O2. The molecule has 0 atom stereocenters. The van der Waals surface area contributed by atoms with Crippen LogP contribution in [-0.2, 0) is 0 Å². The van der Waals surface area contributed by atoms with E-state index in [1.807, 2.05) is 143 Å². The third kappa shape index (κ3) is 4.85. The molecule has 9 aromatic carbocycles. The molecule has 13 aromatic rings. The minimum atomic E-state index is -0.702. The van der Waals surface area contributed by atoms with Gasteiger partial charge in [-0.3, -0.25) is 0 Å². The number of rotatable bonds is 4. The van der Waals surface area contributed by atoms with Crippen LogP contribution in [0.3, 0.4) is 0 Å². The number of para-hydroxylation sites is 2. The zero-order chi connectivity index (χ0) is 41.9. The fraction of sp³-hybridized carbons (Fsp3) is 0. The summed E-state index contributed by atoms with van der Waals surface area (Å²) >= 11 is 0. The number of hydrogen-bond acceptors (Lipinski definition) is 3. The quantitative estimate of drug-likeness (QED) is 0.166. The molecule has 4 aromatic heterocycles. The second kappa shape index (κ2) is 13.0. The van der Waals surface area contributed by atoms with Gasteiger partial charge in [-0.15, -0.1) is 0 Å². The molecule has 6 nitrogen and oxygen atoms in total. The Hall–Kier alpha value is -8.91. The number of furan rings is 2. The van der Waals surface area contributed by atoms with E-state index in [2.05, 4.69) is 47.3 Å². The lowest BCUT2D eigenvalue weighted by molar-refractivity contribution is 0.614. The minimum absolute atomic E-state index is 0.00949. The van der Waals surface area contributed by atoms with Crippen molar-refractivity contribution in [1.82, 2.24) is 9.13 Å². The van der Waals surface area contributed by atoms with Crippen LogP contribution in [0.15, 0.2) is 185 Å². The molecular weight excluding hydrogens is 780 g/mol. The second-order valence-electron chi connectivity index (χ2n) is 15.9. The molecule has 0 radical (unpaired) electrons. The molecule has 63 heavy (non-hydrogen) atoms. The van der Waals surface area contributed by atoms with Gasteiger partial charge in [0.05, 0.1) is 56.3 Å². The first-order chi connectivity index (χ1) is 31.1. The van der Waals surface area contributed by atoms with Crippen LogP contribution in [0.25, 0.3) is 126 Å². The highest BCUT2D eigenvalue weighted by Crippen LogP contribution is 2.47. The lowest BCUT2D eigenvalue weighted by atomic mass is 10.0. The fourth-order valence-electron chi connectivity index (χ4n) is 9.89. The smallest absolute Gasteiger partial charge is 0.215 e. The van der Waals surface area contributed by atoms with Gasteiger partial charge in [0.2, 0.25) is 5.69 Å². The first-order valence-corrected chi connectivity index (χ1v) is 20.6. The summed E-state index contributed by atoms with van der Waals surface area (Å²) in [5.41, 5.74) is 9.71. The van der Waals surface area contributed by atoms with E-state index in [-0.39, 0.29) is 22.6 Å². The highest BCUT2D eigenvalue weighted by Gasteiger charge is 2.29. The Morgan fingerprint density at radius 1 is 0.460 bits per heavy atom. The number of hydrogen-bond donors (Lipinski definition) is 0. The highest BCUT2D eigenvalue weighted by molar-refractivity contribution is 6.26. The molecule has 0 amide bonds. The molecule has 7 heteroatoms. The number of halogens is 1. The molecule has 0 aliphatic heterocycles. The highest BCUT2D eigenvalue weighted by atomic mass is 19.1. The molecule has 4 heterocycles. The lowest BCUT2D eigenvalue weighted by Crippen LogP contribution is -2.07. The largest absolute Gasteiger partial charge is 0.455 e. The maximum atomic E-state index is 18.7. The Balaban J connectivity index is 1.17. The predicted octanol–water partition coefficient (Wildman–Crippen LogP) is 15.6. The van der Waals surface area contributed by atoms with Crippen molar-refractivity contribution in [2.75, 3.05) is 0 Å². The van der Waals surface area contributed by atoms with Crippen molar-refractivity contribution >= 4 is 93.2 Å². The van der Waals surface area contributed by atoms with E-state index in [1.54, 1.807) is 0 Å². The zero-order valence-corrected chi connectivity index (χ0v) is 33.2. The van der Waals surface area contributed by atoms with Gasteiger partial charge in [-0.2, -0.15) is 5.26 Å². The van der Waals surface area contributed by atoms with E-state index in [0.717, 1.165) is 76.5 Å². The maximum Gasteiger partial charge on any atom is 0.215 e. The number of benzene rings is 9. The van der Waals surface area contributed by atoms with Gasteiger partial charge in [-0.25, -0.2) is 9.24 Å². The average molecular weight is 809 g/mol. The van der Waals surface area contributed by atoms with Crippen LogP contribution in [0.1, 0.15) is 5.56 Å². The Morgan fingerprint density at radius 2 is 0.921 bits per heavy atom. The molecule has 0 bridgehead atoms. The summed E-state index contributed by atoms with van der Waals surface area (Å²) in [5, 5.41) is 18.0. The van der Waals surface area contributed by atoms with Crippen molar-refractivity contribution in [3.63, 3.8) is 0 Å². The fourth-order valence-corrected chi connectivity index (χ4v) is 9.89. The summed E-state index contributed by atoms with van der Waals surface area (Å²) < 4.78 is 35.6. The maximum absolute atomic E-state index is 18.7. The van der Waals surface area contributed by atoms with Gasteiger partial charge >= 0.3 is 0 Å². The summed E-state index contributed by atoms with van der Waals surface area (Å²) in [6, 6.07) is 60.1. The Morgan fingerprint density at radius 3 is 1.41 bits per heavy atom. The molecule has 0 aliphatic rings. The van der Waals surface area contributed by atoms with E-state index in [1.165, 1.54) is 6.07 Å². The Bertz CT molecular complexity index is 3910. The van der Waals surface area contributed by atoms with E-state index in [4.69, 9.17) is 15.4 Å². The average Bonchev–Trinajstić information content (AvgIpc) is 4.09. The second-order valence-corrected chi connectivity index (χ2v) is 15.9. The number of fused-ring (bicyclic) bond motifs is 14. The number of nitrogens with zero attached hydrogens (tertiary/aromatic N) is 4. The molecule has 0 aliphatic carbocycles. The van der Waals surface area contributed by atoms with Gasteiger partial charge in [0.1, 0.15) is 28.4 Å². The summed E-state index contributed by atoms with van der Waals surface area (Å²) in [5.74, 6) is -0.702. The van der Waals surface area contributed by atoms with Gasteiger partial charge in [-0.1, -0.05) is 109 Å². The lowest BCUT2D eigenvalue weighted by Gasteiger charge is -2.18. The first-order valence-electron chi connectivity index (χ1n) is 20.6. The Kier molecular flexibility index (Phi) is 7.23. The molecule has 292 valence electrons. The van der Waals surface area contributed by atoms with Crippen molar-refractivity contribution in [2.24, 2.45) is 0 Å². The van der Waals surface area contributed by atoms with Gasteiger partial charge < -0.3 is 18.0 Å². The third-order valence-corrected chi connectivity index (χ3v) is 12.6. The molecule has 0 saturated carbocycles. The molecule has 0 saturated heterocycles. The van der Waals surface area contributed by atoms with Gasteiger partial charge in [-0.05, 0) is 89.0 Å². The molecule has 0 spiro atoms. The van der Waals surface area contributed by atoms with E-state index in [9.17, 15) is 5.26 Å². The van der Waals surface area contributed by atoms with Crippen molar-refractivity contribution in [1.29, 1.82) is 5.26 Å². The summed E-state index contributed by atoms with van der Waals surface area (Å²) in [4.78, 5) is 3.92. The predicted molar refractivity (Wildman–Crippen MR) is 251 cm³/mol. The van der Waals surface area contributed by atoms with Crippen LogP contribution >= 0.6 is 0 Å². The number of nitriles is 1. The van der Waals surface area contributed by atoms with Crippen molar-refractivity contribution < 1.29 is 13.2 Å². The number of aromatic nitrogens is 2. The molecule has 0 unspecified atom stereocenters. The van der Waals surface area contributed by atoms with Gasteiger partial charge in [0.25, 0.3) is 0 Å². The molecule has 0 fully saturated rings. The van der Waals surface area contributed by atoms with Crippen LogP contribution in [0.4, 0.5) is 10.1 Å². The molecule has 0 N–H and O–H groups in total. The minimum Gasteiger partial charge on any atom is -0.455 e. The van der Waals surface area contributed by atoms with Crippen molar-refractivity contribution in [3.8, 4) is 39.7 Å². The van der Waals surface area contributed by atoms with Crippen LogP contribution < -0.4 is 0 Å². The van der Waals surface area contributed by atoms with E-state index >= 15 is 4.39 Å². The van der Waals surface area contributed by atoms with Crippen LogP contribution in [0, 0.1) is 23.7 Å². The van der Waals surface area contributed by atoms with E-state index < -0.39 is 5.82 Å². The van der Waals surface area contributed by atoms with Crippen LogP contribution in [0.2, 0.25) is 0 Å². The summed E-state index contributed by atoms with van der Waals surface area (Å²) in [7, 11) is 0. The van der Waals surface area contributed by atoms with E-state index in [0.29, 0.717) is 33.2 Å². The zero-order valence-electron chi connectivity index (χ0n) is 33.2. The van der Waals surface area contributed by atoms with Gasteiger partial charge in [0.15, 0.2) is 5.82 Å². The summed E-state index contributed by atoms with van der Waals surface area (Å²) in [6.45, 7) is 8.48.